The standard InChI is InChI=1S/C4H6O2.C3H5NO2/c1-3-4(5)6-2;1-2-3(5)4-6/h3H,1H2,2H3;2,6H,1H2,(H,4,5). The first-order valence-electron chi connectivity index (χ1n) is 2.89. The molecular formula is C7H11NO4. The Morgan fingerprint density at radius 2 is 1.92 bits per heavy atom. The summed E-state index contributed by atoms with van der Waals surface area (Å²) >= 11 is 0. The van der Waals surface area contributed by atoms with E-state index in [9.17, 15) is 9.59 Å². The molecule has 0 bridgehead atoms. The van der Waals surface area contributed by atoms with E-state index < -0.39 is 11.9 Å². The minimum Gasteiger partial charge on any atom is -0.466 e. The Kier molecular flexibility index (Phi) is 10.2. The molecule has 0 radical (unpaired) electrons. The van der Waals surface area contributed by atoms with Gasteiger partial charge in [-0.05, 0) is 6.08 Å². The Balaban J connectivity index is 0. The van der Waals surface area contributed by atoms with Crippen LogP contribution in [0.5, 0.6) is 0 Å². The summed E-state index contributed by atoms with van der Waals surface area (Å²) in [5.41, 5.74) is 1.36. The zero-order valence-electron chi connectivity index (χ0n) is 6.74. The molecule has 0 heterocycles. The summed E-state index contributed by atoms with van der Waals surface area (Å²) in [5.74, 6) is -0.981. The summed E-state index contributed by atoms with van der Waals surface area (Å²) in [7, 11) is 1.31. The lowest BCUT2D eigenvalue weighted by atomic mass is 10.6. The van der Waals surface area contributed by atoms with Gasteiger partial charge in [-0.2, -0.15) is 0 Å². The first kappa shape index (κ1) is 13.0. The molecule has 0 aliphatic carbocycles. The second kappa shape index (κ2) is 9.38. The van der Waals surface area contributed by atoms with Crippen molar-refractivity contribution in [2.75, 3.05) is 7.11 Å². The van der Waals surface area contributed by atoms with Gasteiger partial charge in [0.15, 0.2) is 0 Å². The van der Waals surface area contributed by atoms with Crippen molar-refractivity contribution in [3.8, 4) is 0 Å². The average molecular weight is 173 g/mol. The Hall–Kier alpha value is -1.62. The van der Waals surface area contributed by atoms with Gasteiger partial charge < -0.3 is 4.74 Å². The minimum atomic E-state index is -0.588. The fraction of sp³-hybridized carbons (Fsp3) is 0.143. The molecule has 2 N–H and O–H groups in total. The van der Waals surface area contributed by atoms with Crippen molar-refractivity contribution in [1.82, 2.24) is 5.48 Å². The lowest BCUT2D eigenvalue weighted by Gasteiger charge is -1.83. The number of methoxy groups -OCH3 is 1. The van der Waals surface area contributed by atoms with E-state index in [4.69, 9.17) is 5.21 Å². The number of carbonyl (C=O) groups is 2. The molecule has 0 saturated heterocycles. The largest absolute Gasteiger partial charge is 0.466 e. The van der Waals surface area contributed by atoms with Crippen LogP contribution in [0.3, 0.4) is 0 Å². The molecule has 0 unspecified atom stereocenters. The molecule has 0 aromatic carbocycles. The first-order chi connectivity index (χ1) is 5.62. The highest BCUT2D eigenvalue weighted by atomic mass is 16.5. The van der Waals surface area contributed by atoms with E-state index in [1.54, 1.807) is 0 Å². The van der Waals surface area contributed by atoms with Crippen LogP contribution >= 0.6 is 0 Å². The number of carbonyl (C=O) groups excluding carboxylic acids is 2. The van der Waals surface area contributed by atoms with E-state index in [2.05, 4.69) is 17.9 Å². The molecule has 0 saturated carbocycles. The molecule has 0 spiro atoms. The van der Waals surface area contributed by atoms with E-state index in [0.717, 1.165) is 12.2 Å². The third kappa shape index (κ3) is 11.2. The van der Waals surface area contributed by atoms with Gasteiger partial charge in [-0.25, -0.2) is 10.3 Å². The van der Waals surface area contributed by atoms with E-state index in [0.29, 0.717) is 0 Å². The SMILES string of the molecule is C=CC(=O)NO.C=CC(=O)OC. The quantitative estimate of drug-likeness (QED) is 0.267. The van der Waals surface area contributed by atoms with E-state index >= 15 is 0 Å². The molecular weight excluding hydrogens is 162 g/mol. The van der Waals surface area contributed by atoms with Crippen LogP contribution in [0.1, 0.15) is 0 Å². The van der Waals surface area contributed by atoms with Crippen molar-refractivity contribution in [3.05, 3.63) is 25.3 Å². The Bertz CT molecular complexity index is 156. The van der Waals surface area contributed by atoms with E-state index in [1.807, 2.05) is 0 Å². The predicted molar refractivity (Wildman–Crippen MR) is 42.3 cm³/mol. The van der Waals surface area contributed by atoms with Crippen molar-refractivity contribution >= 4 is 11.9 Å². The van der Waals surface area contributed by atoms with E-state index in [1.165, 1.54) is 12.6 Å². The zero-order chi connectivity index (χ0) is 9.98. The fourth-order valence-corrected chi connectivity index (χ4v) is 0.129. The highest BCUT2D eigenvalue weighted by molar-refractivity contribution is 5.85. The van der Waals surface area contributed by atoms with Crippen molar-refractivity contribution in [1.29, 1.82) is 0 Å². The third-order valence-corrected chi connectivity index (χ3v) is 0.663. The highest BCUT2D eigenvalue weighted by Gasteiger charge is 1.82. The second-order valence-corrected chi connectivity index (χ2v) is 1.41. The van der Waals surface area contributed by atoms with Crippen LogP contribution < -0.4 is 5.48 Å². The highest BCUT2D eigenvalue weighted by Crippen LogP contribution is 1.67. The Morgan fingerprint density at radius 1 is 1.42 bits per heavy atom. The van der Waals surface area contributed by atoms with Crippen LogP contribution in [0.4, 0.5) is 0 Å². The number of rotatable bonds is 2. The lowest BCUT2D eigenvalue weighted by molar-refractivity contribution is -0.134. The van der Waals surface area contributed by atoms with Crippen molar-refractivity contribution < 1.29 is 19.5 Å². The smallest absolute Gasteiger partial charge is 0.329 e. The molecule has 5 heteroatoms. The fourth-order valence-electron chi connectivity index (χ4n) is 0.129. The summed E-state index contributed by atoms with van der Waals surface area (Å²) < 4.78 is 4.14. The molecule has 68 valence electrons. The predicted octanol–water partition coefficient (Wildman–Crippen LogP) is 0.0232. The summed E-state index contributed by atoms with van der Waals surface area (Å²) in [5, 5.41) is 7.66. The van der Waals surface area contributed by atoms with Crippen LogP contribution in [-0.4, -0.2) is 24.2 Å². The average Bonchev–Trinajstić information content (AvgIpc) is 2.16. The van der Waals surface area contributed by atoms with Gasteiger partial charge in [-0.15, -0.1) is 0 Å². The van der Waals surface area contributed by atoms with Crippen molar-refractivity contribution in [2.45, 2.75) is 0 Å². The number of nitrogens with one attached hydrogen (secondary N) is 1. The topological polar surface area (TPSA) is 75.6 Å². The second-order valence-electron chi connectivity index (χ2n) is 1.41. The van der Waals surface area contributed by atoms with Crippen LogP contribution in [0, 0.1) is 0 Å². The van der Waals surface area contributed by atoms with Gasteiger partial charge in [0.1, 0.15) is 0 Å². The summed E-state index contributed by atoms with van der Waals surface area (Å²) in [6.07, 6.45) is 2.08. The third-order valence-electron chi connectivity index (χ3n) is 0.663. The Labute approximate surface area is 70.3 Å². The molecule has 0 fully saturated rings. The number of ether oxygens (including phenoxy) is 1. The van der Waals surface area contributed by atoms with Gasteiger partial charge >= 0.3 is 5.97 Å². The van der Waals surface area contributed by atoms with Crippen LogP contribution in [-0.2, 0) is 14.3 Å². The number of hydrogen-bond donors (Lipinski definition) is 2. The molecule has 12 heavy (non-hydrogen) atoms. The molecule has 0 aliphatic heterocycles. The molecule has 0 aromatic heterocycles. The lowest BCUT2D eigenvalue weighted by Crippen LogP contribution is -2.14. The van der Waals surface area contributed by atoms with Crippen LogP contribution in [0.25, 0.3) is 0 Å². The molecule has 5 nitrogen and oxygen atoms in total. The number of hydroxylamine groups is 1. The van der Waals surface area contributed by atoms with Gasteiger partial charge in [0.2, 0.25) is 0 Å². The maximum absolute atomic E-state index is 9.84. The first-order valence-corrected chi connectivity index (χ1v) is 2.89. The van der Waals surface area contributed by atoms with Crippen LogP contribution in [0.15, 0.2) is 25.3 Å². The summed E-state index contributed by atoms with van der Waals surface area (Å²) in [6, 6.07) is 0. The van der Waals surface area contributed by atoms with Gasteiger partial charge in [-0.3, -0.25) is 10.0 Å². The van der Waals surface area contributed by atoms with Crippen LogP contribution in [0.2, 0.25) is 0 Å². The molecule has 0 atom stereocenters. The van der Waals surface area contributed by atoms with Gasteiger partial charge in [0, 0.05) is 6.08 Å². The van der Waals surface area contributed by atoms with Crippen molar-refractivity contribution in [2.24, 2.45) is 0 Å². The monoisotopic (exact) mass is 173 g/mol. The molecule has 0 aliphatic rings. The molecule has 0 aromatic rings. The number of amides is 1. The Morgan fingerprint density at radius 3 is 1.92 bits per heavy atom. The summed E-state index contributed by atoms with van der Waals surface area (Å²) in [4.78, 5) is 19.5. The van der Waals surface area contributed by atoms with Gasteiger partial charge in [-0.1, -0.05) is 13.2 Å². The van der Waals surface area contributed by atoms with Gasteiger partial charge in [0.05, 0.1) is 7.11 Å². The number of hydrogen-bond acceptors (Lipinski definition) is 4. The maximum atomic E-state index is 9.84. The minimum absolute atomic E-state index is 0.394. The van der Waals surface area contributed by atoms with Crippen molar-refractivity contribution in [3.63, 3.8) is 0 Å². The zero-order valence-corrected chi connectivity index (χ0v) is 6.74. The number of esters is 1. The van der Waals surface area contributed by atoms with Gasteiger partial charge in [0.25, 0.3) is 5.91 Å². The molecule has 0 rings (SSSR count). The van der Waals surface area contributed by atoms with E-state index in [-0.39, 0.29) is 0 Å². The molecule has 1 amide bonds. The summed E-state index contributed by atoms with van der Waals surface area (Å²) in [6.45, 7) is 6.22. The maximum Gasteiger partial charge on any atom is 0.329 e. The normalized spacial score (nSPS) is 6.83.